The molecule has 0 radical (unpaired) electrons. The maximum atomic E-state index is 12.5. The molecule has 8 heteroatoms. The summed E-state index contributed by atoms with van der Waals surface area (Å²) in [5.74, 6) is -0.366. The number of amides is 1. The van der Waals surface area contributed by atoms with Gasteiger partial charge in [0.1, 0.15) is 23.8 Å². The Kier molecular flexibility index (Phi) is 4.06. The number of carbonyl (C=O) groups excluding carboxylic acids is 1. The first-order chi connectivity index (χ1) is 13.2. The zero-order valence-electron chi connectivity index (χ0n) is 16.1. The molecule has 0 fully saturated rings. The van der Waals surface area contributed by atoms with E-state index in [2.05, 4.69) is 36.4 Å². The molecule has 0 aliphatic heterocycles. The second-order valence-corrected chi connectivity index (χ2v) is 7.82. The highest BCUT2D eigenvalue weighted by atomic mass is 16.4. The Hall–Kier alpha value is -3.42. The van der Waals surface area contributed by atoms with Crippen molar-refractivity contribution in [3.05, 3.63) is 58.2 Å². The average molecular weight is 380 g/mol. The van der Waals surface area contributed by atoms with Gasteiger partial charge in [-0.25, -0.2) is 9.47 Å². The van der Waals surface area contributed by atoms with Crippen LogP contribution in [0.25, 0.3) is 21.9 Å². The van der Waals surface area contributed by atoms with Crippen LogP contribution in [0.4, 0.5) is 0 Å². The van der Waals surface area contributed by atoms with Crippen molar-refractivity contribution in [1.82, 2.24) is 14.9 Å². The van der Waals surface area contributed by atoms with E-state index in [1.807, 2.05) is 13.0 Å². The Labute approximate surface area is 160 Å². The summed E-state index contributed by atoms with van der Waals surface area (Å²) in [6, 6.07) is 3.70. The van der Waals surface area contributed by atoms with Crippen LogP contribution in [0.2, 0.25) is 0 Å². The number of furan rings is 1. The van der Waals surface area contributed by atoms with Crippen molar-refractivity contribution in [2.45, 2.75) is 39.5 Å². The molecule has 0 atom stereocenters. The third kappa shape index (κ3) is 3.06. The molecule has 0 unspecified atom stereocenters. The minimum Gasteiger partial charge on any atom is -0.464 e. The van der Waals surface area contributed by atoms with Gasteiger partial charge in [-0.2, -0.15) is 0 Å². The Morgan fingerprint density at radius 3 is 2.54 bits per heavy atom. The van der Waals surface area contributed by atoms with Gasteiger partial charge in [0.2, 0.25) is 5.91 Å². The number of nitrogens with one attached hydrogen (secondary N) is 1. The lowest BCUT2D eigenvalue weighted by molar-refractivity contribution is -0.116. The van der Waals surface area contributed by atoms with Crippen LogP contribution in [0.5, 0.6) is 0 Å². The van der Waals surface area contributed by atoms with Crippen molar-refractivity contribution in [2.75, 3.05) is 5.43 Å². The monoisotopic (exact) mass is 380 g/mol. The number of rotatable bonds is 3. The lowest BCUT2D eigenvalue weighted by Gasteiger charge is -2.16. The standard InChI is InChI=1S/C20H20N4O4/c1-11-12-5-14-15(20(2,3)4)8-27-16(14)7-17(12)28-19(26)13(11)6-18(25)23-24-9-21-22-10-24/h5,7-10H,6H2,1-4H3,(H,23,25). The topological polar surface area (TPSA) is 103 Å². The number of benzene rings is 1. The summed E-state index contributed by atoms with van der Waals surface area (Å²) in [7, 11) is 0. The molecule has 0 saturated heterocycles. The summed E-state index contributed by atoms with van der Waals surface area (Å²) in [4.78, 5) is 24.8. The van der Waals surface area contributed by atoms with Crippen LogP contribution >= 0.6 is 0 Å². The number of carbonyl (C=O) groups is 1. The molecular formula is C20H20N4O4. The molecule has 4 aromatic rings. The van der Waals surface area contributed by atoms with Crippen LogP contribution in [0.3, 0.4) is 0 Å². The molecule has 0 spiro atoms. The number of hydrogen-bond donors (Lipinski definition) is 1. The Balaban J connectivity index is 1.80. The molecule has 0 aliphatic carbocycles. The van der Waals surface area contributed by atoms with Crippen LogP contribution in [0.15, 0.2) is 44.7 Å². The number of hydrogen-bond acceptors (Lipinski definition) is 6. The molecule has 0 aliphatic rings. The van der Waals surface area contributed by atoms with E-state index < -0.39 is 5.63 Å². The fourth-order valence-corrected chi connectivity index (χ4v) is 3.30. The second kappa shape index (κ2) is 6.33. The molecule has 1 amide bonds. The van der Waals surface area contributed by atoms with E-state index in [1.165, 1.54) is 17.3 Å². The molecule has 0 bridgehead atoms. The fourth-order valence-electron chi connectivity index (χ4n) is 3.30. The minimum absolute atomic E-state index is 0.0933. The largest absolute Gasteiger partial charge is 0.464 e. The zero-order chi connectivity index (χ0) is 20.1. The van der Waals surface area contributed by atoms with Crippen LogP contribution in [-0.2, 0) is 16.6 Å². The lowest BCUT2D eigenvalue weighted by atomic mass is 9.86. The highest BCUT2D eigenvalue weighted by Crippen LogP contribution is 2.35. The highest BCUT2D eigenvalue weighted by molar-refractivity contribution is 5.97. The van der Waals surface area contributed by atoms with Gasteiger partial charge in [0.25, 0.3) is 0 Å². The molecule has 3 heterocycles. The average Bonchev–Trinajstić information content (AvgIpc) is 3.26. The van der Waals surface area contributed by atoms with Gasteiger partial charge >= 0.3 is 5.63 Å². The number of fused-ring (bicyclic) bond motifs is 2. The Bertz CT molecular complexity index is 1240. The van der Waals surface area contributed by atoms with E-state index in [-0.39, 0.29) is 17.7 Å². The van der Waals surface area contributed by atoms with Gasteiger partial charge in [-0.1, -0.05) is 20.8 Å². The summed E-state index contributed by atoms with van der Waals surface area (Å²) in [6.07, 6.45) is 4.34. The summed E-state index contributed by atoms with van der Waals surface area (Å²) in [5.41, 5.74) is 5.16. The van der Waals surface area contributed by atoms with E-state index >= 15 is 0 Å². The molecule has 144 valence electrons. The molecular weight excluding hydrogens is 360 g/mol. The predicted molar refractivity (Wildman–Crippen MR) is 104 cm³/mol. The molecule has 8 nitrogen and oxygen atoms in total. The Morgan fingerprint density at radius 1 is 1.14 bits per heavy atom. The lowest BCUT2D eigenvalue weighted by Crippen LogP contribution is -2.26. The van der Waals surface area contributed by atoms with Crippen LogP contribution in [-0.4, -0.2) is 20.8 Å². The molecule has 28 heavy (non-hydrogen) atoms. The van der Waals surface area contributed by atoms with Crippen LogP contribution in [0.1, 0.15) is 37.5 Å². The van der Waals surface area contributed by atoms with Crippen molar-refractivity contribution in [2.24, 2.45) is 0 Å². The van der Waals surface area contributed by atoms with Crippen LogP contribution < -0.4 is 11.1 Å². The first kappa shape index (κ1) is 18.0. The Morgan fingerprint density at radius 2 is 1.86 bits per heavy atom. The third-order valence-electron chi connectivity index (χ3n) is 4.80. The van der Waals surface area contributed by atoms with Crippen molar-refractivity contribution in [3.63, 3.8) is 0 Å². The van der Waals surface area contributed by atoms with E-state index in [1.54, 1.807) is 12.3 Å². The van der Waals surface area contributed by atoms with Gasteiger partial charge in [-0.15, -0.1) is 10.2 Å². The number of aryl methyl sites for hydroxylation is 1. The number of aromatic nitrogens is 3. The quantitative estimate of drug-likeness (QED) is 0.548. The van der Waals surface area contributed by atoms with E-state index in [4.69, 9.17) is 8.83 Å². The summed E-state index contributed by atoms with van der Waals surface area (Å²) < 4.78 is 12.5. The zero-order valence-corrected chi connectivity index (χ0v) is 16.1. The summed E-state index contributed by atoms with van der Waals surface area (Å²) >= 11 is 0. The van der Waals surface area contributed by atoms with Gasteiger partial charge in [-0.05, 0) is 24.0 Å². The van der Waals surface area contributed by atoms with Gasteiger partial charge in [0.05, 0.1) is 18.2 Å². The van der Waals surface area contributed by atoms with Crippen molar-refractivity contribution in [1.29, 1.82) is 0 Å². The van der Waals surface area contributed by atoms with E-state index in [0.717, 1.165) is 16.3 Å². The summed E-state index contributed by atoms with van der Waals surface area (Å²) in [5, 5.41) is 8.99. The predicted octanol–water partition coefficient (Wildman–Crippen LogP) is 3.05. The number of nitrogens with zero attached hydrogens (tertiary/aromatic N) is 3. The van der Waals surface area contributed by atoms with E-state index in [0.29, 0.717) is 22.3 Å². The molecule has 3 aromatic heterocycles. The molecule has 0 saturated carbocycles. The minimum atomic E-state index is -0.536. The molecule has 1 N–H and O–H groups in total. The normalized spacial score (nSPS) is 12.0. The second-order valence-electron chi connectivity index (χ2n) is 7.82. The maximum absolute atomic E-state index is 12.5. The van der Waals surface area contributed by atoms with Crippen molar-refractivity contribution in [3.8, 4) is 0 Å². The summed E-state index contributed by atoms with van der Waals surface area (Å²) in [6.45, 7) is 8.16. The van der Waals surface area contributed by atoms with Crippen LogP contribution in [0, 0.1) is 6.92 Å². The van der Waals surface area contributed by atoms with Gasteiger partial charge in [0, 0.05) is 22.4 Å². The molecule has 4 rings (SSSR count). The van der Waals surface area contributed by atoms with Gasteiger partial charge in [-0.3, -0.25) is 10.2 Å². The fraction of sp³-hybridized carbons (Fsp3) is 0.300. The SMILES string of the molecule is Cc1c(CC(=O)Nn2cnnc2)c(=O)oc2cc3occ(C(C)(C)C)c3cc12. The smallest absolute Gasteiger partial charge is 0.340 e. The van der Waals surface area contributed by atoms with Crippen molar-refractivity contribution >= 4 is 27.8 Å². The van der Waals surface area contributed by atoms with E-state index in [9.17, 15) is 9.59 Å². The highest BCUT2D eigenvalue weighted by Gasteiger charge is 2.22. The molecule has 1 aromatic carbocycles. The first-order valence-electron chi connectivity index (χ1n) is 8.86. The maximum Gasteiger partial charge on any atom is 0.340 e. The van der Waals surface area contributed by atoms with Crippen molar-refractivity contribution < 1.29 is 13.6 Å². The van der Waals surface area contributed by atoms with Gasteiger partial charge < -0.3 is 8.83 Å². The van der Waals surface area contributed by atoms with Gasteiger partial charge in [0.15, 0.2) is 0 Å². The third-order valence-corrected chi connectivity index (χ3v) is 4.80. The first-order valence-corrected chi connectivity index (χ1v) is 8.86.